The highest BCUT2D eigenvalue weighted by Crippen LogP contribution is 2.22. The van der Waals surface area contributed by atoms with Crippen LogP contribution in [0.2, 0.25) is 0 Å². The average Bonchev–Trinajstić information content (AvgIpc) is 3.31. The van der Waals surface area contributed by atoms with E-state index in [9.17, 15) is 9.59 Å². The number of aromatic nitrogens is 4. The van der Waals surface area contributed by atoms with Gasteiger partial charge in [0, 0.05) is 32.6 Å². The molecule has 0 bridgehead atoms. The molecule has 1 aromatic carbocycles. The average molecular weight is 366 g/mol. The van der Waals surface area contributed by atoms with Crippen LogP contribution in [-0.4, -0.2) is 43.7 Å². The number of imidazole rings is 1. The molecule has 8 heteroatoms. The fraction of sp³-hybridized carbons (Fsp3) is 0.368. The molecule has 3 heterocycles. The molecular weight excluding hydrogens is 344 g/mol. The van der Waals surface area contributed by atoms with Crippen LogP contribution in [0.3, 0.4) is 0 Å². The Kier molecular flexibility index (Phi) is 4.39. The molecule has 0 aliphatic carbocycles. The van der Waals surface area contributed by atoms with E-state index in [1.54, 1.807) is 15.9 Å². The van der Waals surface area contributed by atoms with Gasteiger partial charge in [-0.05, 0) is 25.5 Å². The summed E-state index contributed by atoms with van der Waals surface area (Å²) in [6.07, 6.45) is 2.64. The first-order valence-electron chi connectivity index (χ1n) is 9.04. The Balaban J connectivity index is 1.36. The second kappa shape index (κ2) is 6.86. The van der Waals surface area contributed by atoms with Gasteiger partial charge < -0.3 is 9.88 Å². The van der Waals surface area contributed by atoms with Crippen molar-refractivity contribution in [2.75, 3.05) is 11.4 Å². The summed E-state index contributed by atoms with van der Waals surface area (Å²) >= 11 is 0. The van der Waals surface area contributed by atoms with E-state index in [0.29, 0.717) is 25.9 Å². The van der Waals surface area contributed by atoms with Gasteiger partial charge in [0.15, 0.2) is 0 Å². The minimum absolute atomic E-state index is 0.0839. The molecule has 140 valence electrons. The van der Waals surface area contributed by atoms with Crippen LogP contribution in [-0.2, 0) is 23.2 Å². The molecule has 1 fully saturated rings. The van der Waals surface area contributed by atoms with Crippen LogP contribution in [0.1, 0.15) is 18.5 Å². The van der Waals surface area contributed by atoms with Gasteiger partial charge in [-0.25, -0.2) is 4.98 Å². The van der Waals surface area contributed by atoms with Crippen molar-refractivity contribution >= 4 is 28.7 Å². The molecule has 1 saturated heterocycles. The molecule has 0 spiro atoms. The molecule has 8 nitrogen and oxygen atoms in total. The zero-order chi connectivity index (χ0) is 19.0. The van der Waals surface area contributed by atoms with Crippen molar-refractivity contribution in [3.8, 4) is 0 Å². The largest absolute Gasteiger partial charge is 0.344 e. The molecule has 1 aliphatic heterocycles. The smallest absolute Gasteiger partial charge is 0.250 e. The van der Waals surface area contributed by atoms with Crippen molar-refractivity contribution in [2.24, 2.45) is 7.05 Å². The van der Waals surface area contributed by atoms with E-state index in [1.807, 2.05) is 48.9 Å². The normalized spacial score (nSPS) is 17.0. The monoisotopic (exact) mass is 366 g/mol. The number of rotatable bonds is 5. The zero-order valence-corrected chi connectivity index (χ0v) is 15.4. The molecule has 2 amide bonds. The molecule has 1 N–H and O–H groups in total. The Labute approximate surface area is 156 Å². The molecule has 2 aromatic heterocycles. The van der Waals surface area contributed by atoms with E-state index >= 15 is 0 Å². The highest BCUT2D eigenvalue weighted by Gasteiger charge is 2.34. The molecule has 0 radical (unpaired) electrons. The molecule has 0 unspecified atom stereocenters. The maximum absolute atomic E-state index is 12.7. The molecular formula is C19H22N6O2. The Morgan fingerprint density at radius 3 is 2.93 bits per heavy atom. The predicted octanol–water partition coefficient (Wildman–Crippen LogP) is 1.39. The molecule has 1 atom stereocenters. The molecule has 1 aliphatic rings. The van der Waals surface area contributed by atoms with E-state index in [0.717, 1.165) is 22.5 Å². The van der Waals surface area contributed by atoms with Gasteiger partial charge >= 0.3 is 0 Å². The SMILES string of the molecule is Cc1cc(N2CC[C@@H](NC(=O)CCn3cnc4ccccc43)C2=O)n(C)n1. The first kappa shape index (κ1) is 17.3. The lowest BCUT2D eigenvalue weighted by molar-refractivity contribution is -0.126. The summed E-state index contributed by atoms with van der Waals surface area (Å²) in [6.45, 7) is 3.00. The number of carbonyl (C=O) groups excluding carboxylic acids is 2. The van der Waals surface area contributed by atoms with Gasteiger partial charge in [-0.1, -0.05) is 12.1 Å². The summed E-state index contributed by atoms with van der Waals surface area (Å²) in [6, 6.07) is 9.21. The lowest BCUT2D eigenvalue weighted by Crippen LogP contribution is -2.42. The number of carbonyl (C=O) groups is 2. The summed E-state index contributed by atoms with van der Waals surface area (Å²) in [5.74, 6) is 0.549. The fourth-order valence-electron chi connectivity index (χ4n) is 3.57. The van der Waals surface area contributed by atoms with Gasteiger partial charge in [-0.15, -0.1) is 0 Å². The number of hydrogen-bond acceptors (Lipinski definition) is 4. The number of nitrogens with zero attached hydrogens (tertiary/aromatic N) is 5. The lowest BCUT2D eigenvalue weighted by Gasteiger charge is -2.17. The van der Waals surface area contributed by atoms with Crippen LogP contribution in [0.5, 0.6) is 0 Å². The van der Waals surface area contributed by atoms with Crippen LogP contribution in [0.25, 0.3) is 11.0 Å². The minimum Gasteiger partial charge on any atom is -0.344 e. The van der Waals surface area contributed by atoms with Crippen molar-refractivity contribution in [2.45, 2.75) is 32.4 Å². The van der Waals surface area contributed by atoms with Crippen LogP contribution in [0.4, 0.5) is 5.82 Å². The van der Waals surface area contributed by atoms with Crippen molar-refractivity contribution in [1.82, 2.24) is 24.6 Å². The highest BCUT2D eigenvalue weighted by atomic mass is 16.2. The summed E-state index contributed by atoms with van der Waals surface area (Å²) in [7, 11) is 1.82. The number of nitrogens with one attached hydrogen (secondary N) is 1. The fourth-order valence-corrected chi connectivity index (χ4v) is 3.57. The van der Waals surface area contributed by atoms with Gasteiger partial charge in [0.2, 0.25) is 5.91 Å². The zero-order valence-electron chi connectivity index (χ0n) is 15.4. The van der Waals surface area contributed by atoms with Gasteiger partial charge in [-0.3, -0.25) is 19.2 Å². The topological polar surface area (TPSA) is 85.0 Å². The maximum atomic E-state index is 12.7. The number of benzene rings is 1. The summed E-state index contributed by atoms with van der Waals surface area (Å²) in [4.78, 5) is 31.0. The van der Waals surface area contributed by atoms with Crippen LogP contribution < -0.4 is 10.2 Å². The highest BCUT2D eigenvalue weighted by molar-refractivity contribution is 6.00. The lowest BCUT2D eigenvalue weighted by atomic mass is 10.2. The van der Waals surface area contributed by atoms with Gasteiger partial charge in [-0.2, -0.15) is 5.10 Å². The van der Waals surface area contributed by atoms with E-state index in [1.165, 1.54) is 0 Å². The molecule has 3 aromatic rings. The third kappa shape index (κ3) is 3.30. The van der Waals surface area contributed by atoms with E-state index in [-0.39, 0.29) is 11.8 Å². The van der Waals surface area contributed by atoms with Crippen molar-refractivity contribution in [3.05, 3.63) is 42.4 Å². The molecule has 27 heavy (non-hydrogen) atoms. The number of anilines is 1. The number of fused-ring (bicyclic) bond motifs is 1. The van der Waals surface area contributed by atoms with Gasteiger partial charge in [0.25, 0.3) is 5.91 Å². The molecule has 4 rings (SSSR count). The van der Waals surface area contributed by atoms with Gasteiger partial charge in [0.05, 0.1) is 23.1 Å². The van der Waals surface area contributed by atoms with E-state index in [2.05, 4.69) is 15.4 Å². The van der Waals surface area contributed by atoms with E-state index in [4.69, 9.17) is 0 Å². The van der Waals surface area contributed by atoms with Crippen molar-refractivity contribution < 1.29 is 9.59 Å². The first-order chi connectivity index (χ1) is 13.0. The summed E-state index contributed by atoms with van der Waals surface area (Å²) in [5.41, 5.74) is 2.77. The number of aryl methyl sites for hydroxylation is 3. The standard InChI is InChI=1S/C19H22N6O2/c1-13-11-18(23(2)22-13)25-10-7-15(19(25)27)21-17(26)8-9-24-12-20-14-5-3-4-6-16(14)24/h3-6,11-12,15H,7-10H2,1-2H3,(H,21,26)/t15-/m1/s1. The van der Waals surface area contributed by atoms with Crippen LogP contribution in [0.15, 0.2) is 36.7 Å². The predicted molar refractivity (Wildman–Crippen MR) is 101 cm³/mol. The Morgan fingerprint density at radius 1 is 1.33 bits per heavy atom. The Hall–Kier alpha value is -3.16. The van der Waals surface area contributed by atoms with Crippen LogP contribution in [0, 0.1) is 6.92 Å². The summed E-state index contributed by atoms with van der Waals surface area (Å²) < 4.78 is 3.65. The summed E-state index contributed by atoms with van der Waals surface area (Å²) in [5, 5.41) is 7.16. The third-order valence-corrected chi connectivity index (χ3v) is 4.90. The Bertz CT molecular complexity index is 1000. The van der Waals surface area contributed by atoms with Crippen molar-refractivity contribution in [3.63, 3.8) is 0 Å². The van der Waals surface area contributed by atoms with E-state index < -0.39 is 6.04 Å². The number of hydrogen-bond donors (Lipinski definition) is 1. The van der Waals surface area contributed by atoms with Gasteiger partial charge in [0.1, 0.15) is 11.9 Å². The molecule has 0 saturated carbocycles. The quantitative estimate of drug-likeness (QED) is 0.739. The maximum Gasteiger partial charge on any atom is 0.250 e. The van der Waals surface area contributed by atoms with Crippen molar-refractivity contribution in [1.29, 1.82) is 0 Å². The number of amides is 2. The first-order valence-corrected chi connectivity index (χ1v) is 9.04. The second-order valence-corrected chi connectivity index (χ2v) is 6.84. The minimum atomic E-state index is -0.479. The van der Waals surface area contributed by atoms with Crippen LogP contribution >= 0.6 is 0 Å². The number of para-hydroxylation sites is 2. The Morgan fingerprint density at radius 2 is 2.15 bits per heavy atom. The second-order valence-electron chi connectivity index (χ2n) is 6.84. The third-order valence-electron chi connectivity index (χ3n) is 4.90.